The first-order valence-corrected chi connectivity index (χ1v) is 9.39. The van der Waals surface area contributed by atoms with E-state index in [0.717, 1.165) is 0 Å². The molecule has 146 valence electrons. The monoisotopic (exact) mass is 385 g/mol. The van der Waals surface area contributed by atoms with Crippen LogP contribution in [0.5, 0.6) is 0 Å². The third-order valence-corrected chi connectivity index (χ3v) is 6.23. The van der Waals surface area contributed by atoms with Crippen LogP contribution >= 0.6 is 0 Å². The fraction of sp³-hybridized carbons (Fsp3) is 0.364. The third-order valence-electron chi connectivity index (χ3n) is 6.23. The zero-order valence-electron chi connectivity index (χ0n) is 15.5. The van der Waals surface area contributed by atoms with Crippen LogP contribution in [-0.2, 0) is 4.79 Å². The van der Waals surface area contributed by atoms with Crippen LogP contribution in [0.15, 0.2) is 36.4 Å². The molecule has 2 aliphatic rings. The molecule has 2 aromatic rings. The van der Waals surface area contributed by atoms with E-state index in [1.54, 1.807) is 24.0 Å². The van der Waals surface area contributed by atoms with E-state index < -0.39 is 11.8 Å². The van der Waals surface area contributed by atoms with Crippen molar-refractivity contribution >= 4 is 11.9 Å². The van der Waals surface area contributed by atoms with Gasteiger partial charge in [0.15, 0.2) is 0 Å². The van der Waals surface area contributed by atoms with Gasteiger partial charge in [0.1, 0.15) is 11.6 Å². The number of likely N-dealkylation sites (tertiary alicyclic amines) is 1. The van der Waals surface area contributed by atoms with Crippen molar-refractivity contribution < 1.29 is 23.5 Å². The first-order chi connectivity index (χ1) is 13.3. The Morgan fingerprint density at radius 3 is 2.32 bits per heavy atom. The Labute approximate surface area is 161 Å². The minimum atomic E-state index is -0.756. The number of carbonyl (C=O) groups excluding carboxylic acids is 1. The van der Waals surface area contributed by atoms with Crippen molar-refractivity contribution in [3.8, 4) is 11.1 Å². The van der Waals surface area contributed by atoms with E-state index in [1.165, 1.54) is 24.3 Å². The highest BCUT2D eigenvalue weighted by atomic mass is 19.1. The van der Waals surface area contributed by atoms with Crippen LogP contribution in [-0.4, -0.2) is 35.0 Å². The molecule has 4 nitrogen and oxygen atoms in total. The molecule has 6 heteroatoms. The molecular weight excluding hydrogens is 364 g/mol. The summed E-state index contributed by atoms with van der Waals surface area (Å²) < 4.78 is 28.0. The smallest absolute Gasteiger partial charge is 0.307 e. The van der Waals surface area contributed by atoms with Gasteiger partial charge in [0.2, 0.25) is 0 Å². The Hall–Kier alpha value is -2.76. The molecular formula is C22H21F2NO3. The second-order valence-corrected chi connectivity index (χ2v) is 7.90. The number of halogens is 2. The summed E-state index contributed by atoms with van der Waals surface area (Å²) in [5.41, 5.74) is 1.65. The van der Waals surface area contributed by atoms with Crippen molar-refractivity contribution in [2.45, 2.75) is 26.2 Å². The SMILES string of the molecule is Cc1cc(F)ccc1-c1ccc(C(=O)N2CCC3(CC2)CC3C(=O)O)cc1F. The zero-order chi connectivity index (χ0) is 20.1. The van der Waals surface area contributed by atoms with Gasteiger partial charge < -0.3 is 10.0 Å². The summed E-state index contributed by atoms with van der Waals surface area (Å²) in [7, 11) is 0. The van der Waals surface area contributed by atoms with Crippen LogP contribution in [0.2, 0.25) is 0 Å². The van der Waals surface area contributed by atoms with E-state index >= 15 is 0 Å². The molecule has 2 fully saturated rings. The summed E-state index contributed by atoms with van der Waals surface area (Å²) in [6, 6.07) is 8.53. The number of carboxylic acids is 1. The minimum absolute atomic E-state index is 0.155. The van der Waals surface area contributed by atoms with Crippen LogP contribution in [0.1, 0.15) is 35.2 Å². The van der Waals surface area contributed by atoms with Crippen molar-refractivity contribution in [3.63, 3.8) is 0 Å². The summed E-state index contributed by atoms with van der Waals surface area (Å²) in [5.74, 6) is -2.20. The molecule has 1 unspecified atom stereocenters. The number of carbonyl (C=O) groups is 2. The van der Waals surface area contributed by atoms with E-state index in [-0.39, 0.29) is 28.6 Å². The van der Waals surface area contributed by atoms with Gasteiger partial charge in [0, 0.05) is 24.2 Å². The quantitative estimate of drug-likeness (QED) is 0.859. The largest absolute Gasteiger partial charge is 0.481 e. The van der Waals surface area contributed by atoms with Gasteiger partial charge in [-0.1, -0.05) is 12.1 Å². The molecule has 4 rings (SSSR count). The first-order valence-electron chi connectivity index (χ1n) is 9.39. The second kappa shape index (κ2) is 6.69. The van der Waals surface area contributed by atoms with E-state index in [9.17, 15) is 18.4 Å². The fourth-order valence-electron chi connectivity index (χ4n) is 4.38. The van der Waals surface area contributed by atoms with E-state index in [2.05, 4.69) is 0 Å². The van der Waals surface area contributed by atoms with Crippen molar-refractivity contribution in [3.05, 3.63) is 59.2 Å². The van der Waals surface area contributed by atoms with Crippen LogP contribution < -0.4 is 0 Å². The number of piperidine rings is 1. The molecule has 0 aromatic heterocycles. The highest BCUT2D eigenvalue weighted by Gasteiger charge is 2.59. The third kappa shape index (κ3) is 3.17. The molecule has 0 bridgehead atoms. The molecule has 0 radical (unpaired) electrons. The Balaban J connectivity index is 1.49. The summed E-state index contributed by atoms with van der Waals surface area (Å²) >= 11 is 0. The lowest BCUT2D eigenvalue weighted by Crippen LogP contribution is -2.40. The average molecular weight is 385 g/mol. The topological polar surface area (TPSA) is 57.6 Å². The maximum Gasteiger partial charge on any atom is 0.307 e. The molecule has 1 atom stereocenters. The molecule has 1 aliphatic heterocycles. The lowest BCUT2D eigenvalue weighted by molar-refractivity contribution is -0.139. The van der Waals surface area contributed by atoms with E-state index in [4.69, 9.17) is 5.11 Å². The number of hydrogen-bond donors (Lipinski definition) is 1. The van der Waals surface area contributed by atoms with Gasteiger partial charge in [0.25, 0.3) is 5.91 Å². The molecule has 1 aliphatic carbocycles. The molecule has 28 heavy (non-hydrogen) atoms. The number of nitrogens with zero attached hydrogens (tertiary/aromatic N) is 1. The standard InChI is InChI=1S/C22H21F2NO3/c1-13-10-15(23)3-5-16(13)17-4-2-14(11-19(17)24)20(26)25-8-6-22(7-9-25)12-18(22)21(27)28/h2-5,10-11,18H,6-9,12H2,1H3,(H,27,28). The zero-order valence-corrected chi connectivity index (χ0v) is 15.5. The maximum absolute atomic E-state index is 14.7. The molecule has 1 spiro atoms. The molecule has 1 amide bonds. The highest BCUT2D eigenvalue weighted by molar-refractivity contribution is 5.95. The fourth-order valence-corrected chi connectivity index (χ4v) is 4.38. The molecule has 1 N–H and O–H groups in total. The minimum Gasteiger partial charge on any atom is -0.481 e. The van der Waals surface area contributed by atoms with Crippen molar-refractivity contribution in [2.24, 2.45) is 11.3 Å². The van der Waals surface area contributed by atoms with Gasteiger partial charge in [-0.05, 0) is 67.0 Å². The Bertz CT molecular complexity index is 964. The molecule has 1 heterocycles. The maximum atomic E-state index is 14.7. The van der Waals surface area contributed by atoms with Crippen LogP contribution in [0, 0.1) is 29.9 Å². The Morgan fingerprint density at radius 1 is 1.07 bits per heavy atom. The predicted molar refractivity (Wildman–Crippen MR) is 99.8 cm³/mol. The van der Waals surface area contributed by atoms with Crippen molar-refractivity contribution in [2.75, 3.05) is 13.1 Å². The van der Waals surface area contributed by atoms with Crippen molar-refractivity contribution in [1.29, 1.82) is 0 Å². The normalized spacial score (nSPS) is 20.2. The number of rotatable bonds is 3. The Morgan fingerprint density at radius 2 is 1.75 bits per heavy atom. The average Bonchev–Trinajstić information content (AvgIpc) is 3.36. The van der Waals surface area contributed by atoms with Crippen LogP contribution in [0.3, 0.4) is 0 Å². The lowest BCUT2D eigenvalue weighted by atomic mass is 9.90. The number of aryl methyl sites for hydroxylation is 1. The van der Waals surface area contributed by atoms with E-state index in [0.29, 0.717) is 49.0 Å². The summed E-state index contributed by atoms with van der Waals surface area (Å²) in [5, 5.41) is 9.17. The number of benzene rings is 2. The summed E-state index contributed by atoms with van der Waals surface area (Å²) in [6.07, 6.45) is 2.03. The van der Waals surface area contributed by atoms with Gasteiger partial charge >= 0.3 is 5.97 Å². The highest BCUT2D eigenvalue weighted by Crippen LogP contribution is 2.59. The Kier molecular flexibility index (Phi) is 4.44. The predicted octanol–water partition coefficient (Wildman–Crippen LogP) is 4.27. The number of aliphatic carboxylic acids is 1. The summed E-state index contributed by atoms with van der Waals surface area (Å²) in [4.78, 5) is 25.6. The van der Waals surface area contributed by atoms with Crippen LogP contribution in [0.4, 0.5) is 8.78 Å². The van der Waals surface area contributed by atoms with Crippen LogP contribution in [0.25, 0.3) is 11.1 Å². The van der Waals surface area contributed by atoms with Gasteiger partial charge in [-0.3, -0.25) is 9.59 Å². The van der Waals surface area contributed by atoms with Crippen molar-refractivity contribution in [1.82, 2.24) is 4.90 Å². The van der Waals surface area contributed by atoms with Gasteiger partial charge in [-0.25, -0.2) is 8.78 Å². The molecule has 2 aromatic carbocycles. The van der Waals surface area contributed by atoms with Gasteiger partial charge in [-0.2, -0.15) is 0 Å². The van der Waals surface area contributed by atoms with Gasteiger partial charge in [0.05, 0.1) is 5.92 Å². The molecule has 1 saturated carbocycles. The molecule has 1 saturated heterocycles. The number of carboxylic acid groups (broad SMARTS) is 1. The summed E-state index contributed by atoms with van der Waals surface area (Å²) in [6.45, 7) is 2.69. The van der Waals surface area contributed by atoms with E-state index in [1.807, 2.05) is 0 Å². The number of hydrogen-bond acceptors (Lipinski definition) is 2. The first kappa shape index (κ1) is 18.6. The second-order valence-electron chi connectivity index (χ2n) is 7.90. The number of amides is 1. The van der Waals surface area contributed by atoms with Gasteiger partial charge in [-0.15, -0.1) is 0 Å². The lowest BCUT2D eigenvalue weighted by Gasteiger charge is -2.32.